The Morgan fingerprint density at radius 3 is 1.67 bits per heavy atom. The Balaban J connectivity index is 1.19. The van der Waals surface area contributed by atoms with Gasteiger partial charge in [-0.05, 0) is 106 Å². The molecule has 9 aromatic rings. The molecule has 0 amide bonds. The third kappa shape index (κ3) is 4.16. The third-order valence-corrected chi connectivity index (χ3v) is 17.5. The van der Waals surface area contributed by atoms with E-state index in [-0.39, 0.29) is 6.85 Å². The molecule has 0 aromatic heterocycles. The first-order chi connectivity index (χ1) is 29.7. The average molecular weight is 783 g/mol. The molecule has 13 rings (SSSR count). The van der Waals surface area contributed by atoms with Gasteiger partial charge in [0.05, 0.1) is 16.8 Å². The molecule has 0 saturated carbocycles. The first-order valence-corrected chi connectivity index (χ1v) is 22.6. The van der Waals surface area contributed by atoms with Crippen LogP contribution < -0.4 is 20.6 Å². The van der Waals surface area contributed by atoms with Crippen LogP contribution in [0.1, 0.15) is 27.8 Å². The highest BCUT2D eigenvalue weighted by Gasteiger charge is 2.55. The smallest absolute Gasteiger partial charge is 0.333 e. The van der Waals surface area contributed by atoms with Crippen molar-refractivity contribution in [3.8, 4) is 11.1 Å². The van der Waals surface area contributed by atoms with E-state index < -0.39 is 15.4 Å². The summed E-state index contributed by atoms with van der Waals surface area (Å²) in [6.07, 6.45) is 0. The van der Waals surface area contributed by atoms with Crippen LogP contribution in [0, 0.1) is 6.92 Å². The summed E-state index contributed by atoms with van der Waals surface area (Å²) in [4.78, 5) is 10.9. The summed E-state index contributed by atoms with van der Waals surface area (Å²) < 4.78 is 0. The molecule has 4 aliphatic rings. The van der Waals surface area contributed by atoms with E-state index in [1.54, 1.807) is 0 Å². The maximum atomic E-state index is 2.75. The number of nitrogens with zero attached hydrogens (tertiary/aromatic N) is 2. The molecule has 0 radical (unpaired) electrons. The van der Waals surface area contributed by atoms with Crippen molar-refractivity contribution in [3.63, 3.8) is 0 Å². The lowest BCUT2D eigenvalue weighted by Crippen LogP contribution is -2.63. The molecule has 9 aromatic carbocycles. The Kier molecular flexibility index (Phi) is 7.07. The Morgan fingerprint density at radius 1 is 0.433 bits per heavy atom. The van der Waals surface area contributed by atoms with Gasteiger partial charge in [0.25, 0.3) is 0 Å². The van der Waals surface area contributed by atoms with Crippen LogP contribution in [0.3, 0.4) is 0 Å². The first-order valence-electron chi connectivity index (χ1n) is 21.0. The zero-order valence-corrected chi connectivity index (χ0v) is 34.0. The Hall–Kier alpha value is -7.01. The van der Waals surface area contributed by atoms with E-state index in [0.29, 0.717) is 0 Å². The highest BCUT2D eigenvalue weighted by atomic mass is 32.3. The fourth-order valence-corrected chi connectivity index (χ4v) is 15.6. The van der Waals surface area contributed by atoms with Gasteiger partial charge in [-0.1, -0.05) is 164 Å². The van der Waals surface area contributed by atoms with Crippen LogP contribution in [-0.2, 0) is 5.41 Å². The number of rotatable bonds is 4. The largest absolute Gasteiger partial charge is 0.375 e. The standard InChI is InChI=1S/C56H39BN2S/c1-38-36-44-43-28-18-35-52-54(43)59(49-33-16-17-34-51(49)60(52,41-24-10-4-11-25-41)42-26-12-5-13-27-42)57-47-31-19-30-46-55(47)58(50(37-38)53(44)57)48-32-15-14-29-45(48)56(46,39-20-6-2-7-21-39)40-22-8-3-9-23-40/h2-37H,1H3. The predicted molar refractivity (Wildman–Crippen MR) is 250 cm³/mol. The Morgan fingerprint density at radius 2 is 0.983 bits per heavy atom. The van der Waals surface area contributed by atoms with Crippen molar-refractivity contribution in [1.82, 2.24) is 0 Å². The van der Waals surface area contributed by atoms with E-state index in [4.69, 9.17) is 0 Å². The van der Waals surface area contributed by atoms with Gasteiger partial charge < -0.3 is 9.71 Å². The molecule has 2 nitrogen and oxygen atoms in total. The van der Waals surface area contributed by atoms with Gasteiger partial charge in [-0.25, -0.2) is 0 Å². The average Bonchev–Trinajstić information content (AvgIpc) is 3.32. The molecule has 0 N–H and O–H groups in total. The molecule has 0 saturated heterocycles. The van der Waals surface area contributed by atoms with Gasteiger partial charge in [-0.15, -0.1) is 10.0 Å². The van der Waals surface area contributed by atoms with Gasteiger partial charge in [0.2, 0.25) is 0 Å². The number of anilines is 5. The number of hydrogen-bond donors (Lipinski definition) is 0. The lowest BCUT2D eigenvalue weighted by Gasteiger charge is -2.56. The van der Waals surface area contributed by atoms with Crippen molar-refractivity contribution < 1.29 is 0 Å². The van der Waals surface area contributed by atoms with Crippen LogP contribution >= 0.6 is 10.0 Å². The summed E-state index contributed by atoms with van der Waals surface area (Å²) in [5, 5.41) is 0. The summed E-state index contributed by atoms with van der Waals surface area (Å²) in [5.41, 5.74) is 17.6. The van der Waals surface area contributed by atoms with Gasteiger partial charge in [0, 0.05) is 42.2 Å². The highest BCUT2D eigenvalue weighted by molar-refractivity contribution is 8.34. The molecule has 0 aliphatic carbocycles. The van der Waals surface area contributed by atoms with Crippen molar-refractivity contribution in [1.29, 1.82) is 0 Å². The van der Waals surface area contributed by atoms with Crippen molar-refractivity contribution >= 4 is 56.2 Å². The molecule has 0 spiro atoms. The van der Waals surface area contributed by atoms with E-state index in [1.807, 2.05) is 0 Å². The number of para-hydroxylation sites is 4. The van der Waals surface area contributed by atoms with Gasteiger partial charge >= 0.3 is 6.85 Å². The van der Waals surface area contributed by atoms with E-state index in [2.05, 4.69) is 235 Å². The van der Waals surface area contributed by atoms with Crippen LogP contribution in [-0.4, -0.2) is 6.85 Å². The van der Waals surface area contributed by atoms with Crippen LogP contribution in [0.5, 0.6) is 0 Å². The van der Waals surface area contributed by atoms with Crippen molar-refractivity contribution in [2.45, 2.75) is 31.9 Å². The van der Waals surface area contributed by atoms with Crippen LogP contribution in [0.15, 0.2) is 238 Å². The van der Waals surface area contributed by atoms with Crippen molar-refractivity contribution in [2.75, 3.05) is 9.71 Å². The molecule has 0 bridgehead atoms. The van der Waals surface area contributed by atoms with Crippen LogP contribution in [0.25, 0.3) is 11.1 Å². The monoisotopic (exact) mass is 782 g/mol. The molecule has 4 heteroatoms. The molecule has 0 atom stereocenters. The molecular formula is C56H39BN2S. The normalized spacial score (nSPS) is 15.8. The van der Waals surface area contributed by atoms with Crippen LogP contribution in [0.2, 0.25) is 0 Å². The zero-order valence-electron chi connectivity index (χ0n) is 33.2. The maximum absolute atomic E-state index is 2.75. The van der Waals surface area contributed by atoms with Crippen molar-refractivity contribution in [2.24, 2.45) is 0 Å². The Labute approximate surface area is 353 Å². The molecule has 0 unspecified atom stereocenters. The summed E-state index contributed by atoms with van der Waals surface area (Å²) in [6.45, 7) is 2.21. The quantitative estimate of drug-likeness (QED) is 0.164. The van der Waals surface area contributed by atoms with E-state index >= 15 is 0 Å². The SMILES string of the molecule is Cc1cc2c3c(c1)N1c4ccccc4C(c4ccccc4)(c4ccccc4)c4cccc(c41)B3N1c3ccccc3S(c3ccccc3)(c3ccccc3)c3cccc-2c31. The van der Waals surface area contributed by atoms with Gasteiger partial charge in [0.15, 0.2) is 0 Å². The van der Waals surface area contributed by atoms with Gasteiger partial charge in [0.1, 0.15) is 0 Å². The van der Waals surface area contributed by atoms with Gasteiger partial charge in [-0.3, -0.25) is 0 Å². The molecular weight excluding hydrogens is 744 g/mol. The summed E-state index contributed by atoms with van der Waals surface area (Å²) >= 11 is 0. The third-order valence-electron chi connectivity index (χ3n) is 13.5. The first kappa shape index (κ1) is 33.9. The molecule has 4 aliphatic heterocycles. The lowest BCUT2D eigenvalue weighted by molar-refractivity contribution is 0.732. The lowest BCUT2D eigenvalue weighted by atomic mass is 9.42. The molecule has 60 heavy (non-hydrogen) atoms. The molecule has 282 valence electrons. The number of fused-ring (bicyclic) bond motifs is 8. The maximum Gasteiger partial charge on any atom is 0.333 e. The fraction of sp³-hybridized carbons (Fsp3) is 0.0357. The van der Waals surface area contributed by atoms with Crippen molar-refractivity contribution in [3.05, 3.63) is 246 Å². The second-order valence-electron chi connectivity index (χ2n) is 16.5. The molecule has 0 fully saturated rings. The second kappa shape index (κ2) is 12.5. The minimum absolute atomic E-state index is 0.0740. The topological polar surface area (TPSA) is 6.48 Å². The van der Waals surface area contributed by atoms with Gasteiger partial charge in [-0.2, -0.15) is 0 Å². The minimum atomic E-state index is -1.91. The summed E-state index contributed by atoms with van der Waals surface area (Å²) in [5.74, 6) is 0. The number of hydrogen-bond acceptors (Lipinski definition) is 2. The fourth-order valence-electron chi connectivity index (χ4n) is 11.4. The highest BCUT2D eigenvalue weighted by Crippen LogP contribution is 2.80. The zero-order chi connectivity index (χ0) is 39.6. The van der Waals surface area contributed by atoms with E-state index in [0.717, 1.165) is 0 Å². The van der Waals surface area contributed by atoms with Crippen LogP contribution in [0.4, 0.5) is 28.4 Å². The summed E-state index contributed by atoms with van der Waals surface area (Å²) in [7, 11) is -1.91. The van der Waals surface area contributed by atoms with E-state index in [1.165, 1.54) is 97.9 Å². The minimum Gasteiger partial charge on any atom is -0.375 e. The number of aryl methyl sites for hydroxylation is 1. The molecule has 4 heterocycles. The summed E-state index contributed by atoms with van der Waals surface area (Å²) in [6, 6.07) is 82.8. The second-order valence-corrected chi connectivity index (χ2v) is 19.5. The number of benzene rings is 9. The Bertz CT molecular complexity index is 3110. The van der Waals surface area contributed by atoms with E-state index in [9.17, 15) is 0 Å². The predicted octanol–water partition coefficient (Wildman–Crippen LogP) is 13.1.